The van der Waals surface area contributed by atoms with Crippen LogP contribution in [0.4, 0.5) is 4.39 Å². The summed E-state index contributed by atoms with van der Waals surface area (Å²) < 4.78 is 19.4. The van der Waals surface area contributed by atoms with Gasteiger partial charge >= 0.3 is 0 Å². The predicted molar refractivity (Wildman–Crippen MR) is 86.4 cm³/mol. The Labute approximate surface area is 139 Å². The van der Waals surface area contributed by atoms with Crippen molar-refractivity contribution in [1.82, 2.24) is 10.4 Å². The lowest BCUT2D eigenvalue weighted by atomic mass is 10.2. The highest BCUT2D eigenvalue weighted by Gasteiger charge is 2.06. The topological polar surface area (TPSA) is 67.5 Å². The highest BCUT2D eigenvalue weighted by Crippen LogP contribution is 2.30. The van der Waals surface area contributed by atoms with Crippen molar-refractivity contribution >= 4 is 35.2 Å². The minimum atomic E-state index is -0.496. The van der Waals surface area contributed by atoms with Crippen LogP contribution in [0.2, 0.25) is 0 Å². The number of benzene rings is 1. The first-order chi connectivity index (χ1) is 11.2. The Bertz CT molecular complexity index is 831. The van der Waals surface area contributed by atoms with Gasteiger partial charge in [0.2, 0.25) is 0 Å². The van der Waals surface area contributed by atoms with Gasteiger partial charge in [-0.25, -0.2) is 14.8 Å². The van der Waals surface area contributed by atoms with E-state index in [4.69, 9.17) is 4.42 Å². The smallest absolute Gasteiger partial charge is 0.271 e. The zero-order valence-corrected chi connectivity index (χ0v) is 13.2. The van der Waals surface area contributed by atoms with Crippen LogP contribution in [-0.2, 0) is 0 Å². The van der Waals surface area contributed by atoms with Gasteiger partial charge in [-0.05, 0) is 42.1 Å². The van der Waals surface area contributed by atoms with Crippen LogP contribution in [0, 0.1) is 5.82 Å². The monoisotopic (exact) mass is 347 g/mol. The number of hydrogen-bond donors (Lipinski definition) is 1. The lowest BCUT2D eigenvalue weighted by Crippen LogP contribution is -2.17. The first-order valence-corrected chi connectivity index (χ1v) is 8.16. The van der Waals surface area contributed by atoms with Gasteiger partial charge in [-0.15, -0.1) is 11.3 Å². The molecular weight excluding hydrogens is 337 g/mol. The Morgan fingerprint density at radius 3 is 3.09 bits per heavy atom. The van der Waals surface area contributed by atoms with E-state index in [1.807, 2.05) is 5.38 Å². The van der Waals surface area contributed by atoms with Crippen molar-refractivity contribution in [3.63, 3.8) is 0 Å². The molecule has 0 atom stereocenters. The molecule has 23 heavy (non-hydrogen) atoms. The number of rotatable bonds is 5. The SMILES string of the molecule is O=C(N/N=C/c1ccc(Sc2nccs2)o1)c1cccc(F)c1. The maximum Gasteiger partial charge on any atom is 0.271 e. The van der Waals surface area contributed by atoms with Crippen molar-refractivity contribution in [3.05, 3.63) is 65.1 Å². The van der Waals surface area contributed by atoms with Gasteiger partial charge in [0, 0.05) is 17.1 Å². The second kappa shape index (κ2) is 7.21. The molecule has 1 amide bonds. The predicted octanol–water partition coefficient (Wildman–Crippen LogP) is 3.79. The number of hydrogen-bond acceptors (Lipinski definition) is 6. The average molecular weight is 347 g/mol. The number of hydrazone groups is 1. The summed E-state index contributed by atoms with van der Waals surface area (Å²) in [7, 11) is 0. The molecule has 0 radical (unpaired) electrons. The second-order valence-corrected chi connectivity index (χ2v) is 6.41. The molecule has 1 aromatic carbocycles. The first-order valence-electron chi connectivity index (χ1n) is 6.47. The van der Waals surface area contributed by atoms with Gasteiger partial charge in [-0.1, -0.05) is 6.07 Å². The van der Waals surface area contributed by atoms with Gasteiger partial charge < -0.3 is 4.42 Å². The molecule has 2 aromatic heterocycles. The second-order valence-electron chi connectivity index (χ2n) is 4.27. The number of halogens is 1. The molecule has 0 unspecified atom stereocenters. The van der Waals surface area contributed by atoms with E-state index in [0.717, 1.165) is 10.4 Å². The van der Waals surface area contributed by atoms with Gasteiger partial charge in [0.15, 0.2) is 9.43 Å². The first kappa shape index (κ1) is 15.4. The van der Waals surface area contributed by atoms with Crippen molar-refractivity contribution in [2.45, 2.75) is 9.43 Å². The van der Waals surface area contributed by atoms with Crippen LogP contribution in [0.5, 0.6) is 0 Å². The lowest BCUT2D eigenvalue weighted by Gasteiger charge is -1.98. The molecule has 3 rings (SSSR count). The van der Waals surface area contributed by atoms with E-state index in [9.17, 15) is 9.18 Å². The Hall–Kier alpha value is -2.45. The molecular formula is C15H10FN3O2S2. The highest BCUT2D eigenvalue weighted by molar-refractivity contribution is 8.00. The molecule has 1 N–H and O–H groups in total. The minimum Gasteiger partial charge on any atom is -0.448 e. The van der Waals surface area contributed by atoms with E-state index in [-0.39, 0.29) is 5.56 Å². The fourth-order valence-corrected chi connectivity index (χ4v) is 3.18. The third-order valence-corrected chi connectivity index (χ3v) is 4.45. The number of carbonyl (C=O) groups excluding carboxylic acids is 1. The maximum absolute atomic E-state index is 13.0. The van der Waals surface area contributed by atoms with E-state index in [2.05, 4.69) is 15.5 Å². The van der Waals surface area contributed by atoms with Crippen LogP contribution >= 0.6 is 23.1 Å². The third-order valence-electron chi connectivity index (χ3n) is 2.64. The Kier molecular flexibility index (Phi) is 4.84. The van der Waals surface area contributed by atoms with Crippen molar-refractivity contribution in [1.29, 1.82) is 0 Å². The van der Waals surface area contributed by atoms with Crippen LogP contribution in [0.3, 0.4) is 0 Å². The van der Waals surface area contributed by atoms with Crippen LogP contribution in [0.25, 0.3) is 0 Å². The summed E-state index contributed by atoms with van der Waals surface area (Å²) in [5, 5.41) is 6.36. The number of nitrogens with zero attached hydrogens (tertiary/aromatic N) is 2. The van der Waals surface area contributed by atoms with Crippen LogP contribution in [0.1, 0.15) is 16.1 Å². The zero-order chi connectivity index (χ0) is 16.1. The summed E-state index contributed by atoms with van der Waals surface area (Å²) in [5.74, 6) is -0.482. The molecule has 5 nitrogen and oxygen atoms in total. The van der Waals surface area contributed by atoms with Gasteiger partial charge in [-0.2, -0.15) is 5.10 Å². The number of aromatic nitrogens is 1. The maximum atomic E-state index is 13.0. The van der Waals surface area contributed by atoms with Gasteiger partial charge in [0.05, 0.1) is 6.21 Å². The quantitative estimate of drug-likeness (QED) is 0.563. The van der Waals surface area contributed by atoms with Crippen molar-refractivity contribution in [2.24, 2.45) is 5.10 Å². The largest absolute Gasteiger partial charge is 0.448 e. The Balaban J connectivity index is 1.58. The molecule has 0 saturated carbocycles. The molecule has 0 aliphatic carbocycles. The van der Waals surface area contributed by atoms with Gasteiger partial charge in [0.1, 0.15) is 11.6 Å². The lowest BCUT2D eigenvalue weighted by molar-refractivity contribution is 0.0954. The standard InChI is InChI=1S/C15H10FN3O2S2/c16-11-3-1-2-10(8-11)14(20)19-18-9-12-4-5-13(21-12)23-15-17-6-7-22-15/h1-9H,(H,19,20)/b18-9+. The van der Waals surface area contributed by atoms with Crippen molar-refractivity contribution < 1.29 is 13.6 Å². The number of furan rings is 1. The highest BCUT2D eigenvalue weighted by atomic mass is 32.2. The van der Waals surface area contributed by atoms with E-state index in [0.29, 0.717) is 10.9 Å². The van der Waals surface area contributed by atoms with E-state index < -0.39 is 11.7 Å². The van der Waals surface area contributed by atoms with Gasteiger partial charge in [0.25, 0.3) is 5.91 Å². The summed E-state index contributed by atoms with van der Waals surface area (Å²) >= 11 is 2.92. The third kappa shape index (κ3) is 4.27. The Morgan fingerprint density at radius 1 is 1.39 bits per heavy atom. The molecule has 0 spiro atoms. The summed E-state index contributed by atoms with van der Waals surface area (Å²) in [5.41, 5.74) is 2.51. The number of thiazole rings is 1. The molecule has 0 aliphatic heterocycles. The number of amides is 1. The minimum absolute atomic E-state index is 0.196. The summed E-state index contributed by atoms with van der Waals surface area (Å²) in [4.78, 5) is 15.9. The van der Waals surface area contributed by atoms with E-state index in [1.165, 1.54) is 47.5 Å². The summed E-state index contributed by atoms with van der Waals surface area (Å²) in [6, 6.07) is 8.90. The van der Waals surface area contributed by atoms with Crippen molar-refractivity contribution in [2.75, 3.05) is 0 Å². The summed E-state index contributed by atoms with van der Waals surface area (Å²) in [6.07, 6.45) is 3.10. The molecule has 0 bridgehead atoms. The molecule has 116 valence electrons. The average Bonchev–Trinajstić information content (AvgIpc) is 3.20. The molecule has 0 aliphatic rings. The van der Waals surface area contributed by atoms with Gasteiger partial charge in [-0.3, -0.25) is 4.79 Å². The zero-order valence-electron chi connectivity index (χ0n) is 11.6. The van der Waals surface area contributed by atoms with Crippen LogP contribution in [0.15, 0.2) is 66.9 Å². The van der Waals surface area contributed by atoms with Crippen LogP contribution < -0.4 is 5.43 Å². The number of nitrogens with one attached hydrogen (secondary N) is 1. The van der Waals surface area contributed by atoms with Crippen molar-refractivity contribution in [3.8, 4) is 0 Å². The fourth-order valence-electron chi connectivity index (χ4n) is 1.65. The fraction of sp³-hybridized carbons (Fsp3) is 0. The molecule has 0 fully saturated rings. The van der Waals surface area contributed by atoms with E-state index >= 15 is 0 Å². The molecule has 3 aromatic rings. The van der Waals surface area contributed by atoms with Crippen LogP contribution in [-0.4, -0.2) is 17.1 Å². The molecule has 0 saturated heterocycles. The summed E-state index contributed by atoms with van der Waals surface area (Å²) in [6.45, 7) is 0. The molecule has 2 heterocycles. The molecule has 8 heteroatoms. The normalized spacial score (nSPS) is 11.0. The Morgan fingerprint density at radius 2 is 2.30 bits per heavy atom. The number of carbonyl (C=O) groups is 1. The van der Waals surface area contributed by atoms with E-state index in [1.54, 1.807) is 18.3 Å².